The zero-order valence-corrected chi connectivity index (χ0v) is 18.1. The summed E-state index contributed by atoms with van der Waals surface area (Å²) in [5.74, 6) is 3.61. The van der Waals surface area contributed by atoms with Crippen LogP contribution in [0, 0.1) is 25.7 Å². The van der Waals surface area contributed by atoms with Gasteiger partial charge in [-0.3, -0.25) is 4.99 Å². The molecule has 6 heteroatoms. The van der Waals surface area contributed by atoms with Crippen LogP contribution in [-0.4, -0.2) is 43.2 Å². The summed E-state index contributed by atoms with van der Waals surface area (Å²) >= 11 is 0. The van der Waals surface area contributed by atoms with Gasteiger partial charge in [-0.05, 0) is 44.9 Å². The van der Waals surface area contributed by atoms with Gasteiger partial charge >= 0.3 is 0 Å². The molecule has 1 saturated carbocycles. The van der Waals surface area contributed by atoms with Crippen molar-refractivity contribution in [3.63, 3.8) is 0 Å². The van der Waals surface area contributed by atoms with Gasteiger partial charge in [-0.25, -0.2) is 0 Å². The normalized spacial score (nSPS) is 21.3. The number of halogens is 1. The van der Waals surface area contributed by atoms with E-state index in [1.807, 2.05) is 20.9 Å². The Labute approximate surface area is 163 Å². The molecule has 24 heavy (non-hydrogen) atoms. The molecule has 0 spiro atoms. The topological polar surface area (TPSA) is 53.7 Å². The molecule has 1 fully saturated rings. The minimum absolute atomic E-state index is 0. The van der Waals surface area contributed by atoms with Gasteiger partial charge < -0.3 is 14.7 Å². The van der Waals surface area contributed by atoms with Crippen molar-refractivity contribution < 1.29 is 4.52 Å². The van der Waals surface area contributed by atoms with Crippen LogP contribution in [0.1, 0.15) is 49.6 Å². The van der Waals surface area contributed by atoms with Gasteiger partial charge in [0.05, 0.1) is 5.69 Å². The molecule has 1 aromatic heterocycles. The largest absolute Gasteiger partial charge is 0.361 e. The lowest BCUT2D eigenvalue weighted by Gasteiger charge is -2.31. The lowest BCUT2D eigenvalue weighted by atomic mass is 9.83. The van der Waals surface area contributed by atoms with Crippen LogP contribution in [0.2, 0.25) is 0 Å². The molecule has 1 heterocycles. The quantitative estimate of drug-likeness (QED) is 0.423. The molecule has 0 atom stereocenters. The Bertz CT molecular complexity index is 502. The van der Waals surface area contributed by atoms with Crippen molar-refractivity contribution in [2.75, 3.05) is 27.2 Å². The van der Waals surface area contributed by atoms with Crippen LogP contribution in [-0.2, 0) is 6.42 Å². The van der Waals surface area contributed by atoms with E-state index in [4.69, 9.17) is 4.52 Å². The molecule has 0 amide bonds. The molecular weight excluding hydrogens is 415 g/mol. The van der Waals surface area contributed by atoms with Gasteiger partial charge in [-0.2, -0.15) is 0 Å². The van der Waals surface area contributed by atoms with Crippen LogP contribution in [0.4, 0.5) is 0 Å². The highest BCUT2D eigenvalue weighted by Crippen LogP contribution is 2.28. The Kier molecular flexibility index (Phi) is 9.08. The van der Waals surface area contributed by atoms with Gasteiger partial charge in [0.2, 0.25) is 0 Å². The molecular formula is C18H33IN4O. The van der Waals surface area contributed by atoms with E-state index in [2.05, 4.69) is 34.3 Å². The van der Waals surface area contributed by atoms with Gasteiger partial charge in [-0.15, -0.1) is 24.0 Å². The molecule has 5 nitrogen and oxygen atoms in total. The van der Waals surface area contributed by atoms with Crippen molar-refractivity contribution >= 4 is 29.9 Å². The average Bonchev–Trinajstić information content (AvgIpc) is 2.85. The number of aromatic nitrogens is 1. The first-order valence-corrected chi connectivity index (χ1v) is 8.84. The fraction of sp³-hybridized carbons (Fsp3) is 0.778. The molecule has 0 radical (unpaired) electrons. The summed E-state index contributed by atoms with van der Waals surface area (Å²) in [4.78, 5) is 6.70. The van der Waals surface area contributed by atoms with Gasteiger partial charge in [0.25, 0.3) is 0 Å². The van der Waals surface area contributed by atoms with Gasteiger partial charge in [-0.1, -0.05) is 24.9 Å². The van der Waals surface area contributed by atoms with Crippen molar-refractivity contribution in [1.29, 1.82) is 0 Å². The van der Waals surface area contributed by atoms with Gasteiger partial charge in [0.1, 0.15) is 5.76 Å². The summed E-state index contributed by atoms with van der Waals surface area (Å²) in [6.45, 7) is 8.28. The van der Waals surface area contributed by atoms with E-state index in [-0.39, 0.29) is 24.0 Å². The van der Waals surface area contributed by atoms with Crippen molar-refractivity contribution in [2.24, 2.45) is 16.8 Å². The number of nitrogens with one attached hydrogen (secondary N) is 1. The lowest BCUT2D eigenvalue weighted by molar-refractivity contribution is 0.250. The molecule has 1 N–H and O–H groups in total. The second-order valence-electron chi connectivity index (χ2n) is 7.03. The molecule has 0 unspecified atom stereocenters. The first kappa shape index (κ1) is 21.3. The minimum atomic E-state index is 0. The first-order valence-electron chi connectivity index (χ1n) is 8.84. The Hall–Kier alpha value is -0.790. The molecule has 0 aromatic carbocycles. The third-order valence-corrected chi connectivity index (χ3v) is 5.08. The maximum atomic E-state index is 5.22. The first-order chi connectivity index (χ1) is 11.0. The molecule has 1 aromatic rings. The smallest absolute Gasteiger partial charge is 0.193 e. The maximum absolute atomic E-state index is 5.22. The Morgan fingerprint density at radius 1 is 1.29 bits per heavy atom. The lowest BCUT2D eigenvalue weighted by Crippen LogP contribution is -2.42. The van der Waals surface area contributed by atoms with E-state index >= 15 is 0 Å². The summed E-state index contributed by atoms with van der Waals surface area (Å²) in [6.07, 6.45) is 6.35. The Morgan fingerprint density at radius 2 is 1.96 bits per heavy atom. The standard InChI is InChI=1S/C18H32N4O.HI/c1-13-6-8-16(9-7-13)12-22(5)18(19-4)20-11-10-17-14(2)21-23-15(17)3;/h13,16H,6-12H2,1-5H3,(H,19,20);1H. The SMILES string of the molecule is CN=C(NCCc1c(C)noc1C)N(C)CC1CCC(C)CC1.I. The van der Waals surface area contributed by atoms with E-state index < -0.39 is 0 Å². The number of rotatable bonds is 5. The molecule has 2 rings (SSSR count). The van der Waals surface area contributed by atoms with Crippen molar-refractivity contribution in [3.05, 3.63) is 17.0 Å². The molecule has 1 aliphatic rings. The minimum Gasteiger partial charge on any atom is -0.361 e. The maximum Gasteiger partial charge on any atom is 0.193 e. The Morgan fingerprint density at radius 3 is 2.50 bits per heavy atom. The Balaban J connectivity index is 0.00000288. The summed E-state index contributed by atoms with van der Waals surface area (Å²) in [5.41, 5.74) is 2.20. The van der Waals surface area contributed by atoms with Crippen molar-refractivity contribution in [3.8, 4) is 0 Å². The summed E-state index contributed by atoms with van der Waals surface area (Å²) < 4.78 is 5.22. The molecule has 0 bridgehead atoms. The van der Waals surface area contributed by atoms with E-state index in [1.54, 1.807) is 0 Å². The van der Waals surface area contributed by atoms with Gasteiger partial charge in [0.15, 0.2) is 5.96 Å². The summed E-state index contributed by atoms with van der Waals surface area (Å²) in [5, 5.41) is 7.48. The predicted molar refractivity (Wildman–Crippen MR) is 110 cm³/mol. The monoisotopic (exact) mass is 448 g/mol. The number of aryl methyl sites for hydroxylation is 2. The fourth-order valence-corrected chi connectivity index (χ4v) is 3.53. The molecule has 138 valence electrons. The second-order valence-corrected chi connectivity index (χ2v) is 7.03. The van der Waals surface area contributed by atoms with E-state index in [0.717, 1.165) is 48.8 Å². The number of aliphatic imine (C=N–C) groups is 1. The highest BCUT2D eigenvalue weighted by molar-refractivity contribution is 14.0. The third-order valence-electron chi connectivity index (χ3n) is 5.08. The van der Waals surface area contributed by atoms with Crippen molar-refractivity contribution in [1.82, 2.24) is 15.4 Å². The third kappa shape index (κ3) is 5.93. The summed E-state index contributed by atoms with van der Waals surface area (Å²) in [6, 6.07) is 0. The molecule has 0 saturated heterocycles. The highest BCUT2D eigenvalue weighted by atomic mass is 127. The highest BCUT2D eigenvalue weighted by Gasteiger charge is 2.20. The van der Waals surface area contributed by atoms with E-state index in [9.17, 15) is 0 Å². The predicted octanol–water partition coefficient (Wildman–Crippen LogP) is 3.79. The number of nitrogens with zero attached hydrogens (tertiary/aromatic N) is 3. The van der Waals surface area contributed by atoms with Crippen molar-refractivity contribution in [2.45, 2.75) is 52.9 Å². The van der Waals surface area contributed by atoms with Crippen LogP contribution in [0.3, 0.4) is 0 Å². The van der Waals surface area contributed by atoms with Crippen LogP contribution in [0.15, 0.2) is 9.52 Å². The number of guanidine groups is 1. The zero-order valence-electron chi connectivity index (χ0n) is 15.8. The van der Waals surface area contributed by atoms with Crippen LogP contribution in [0.25, 0.3) is 0 Å². The zero-order chi connectivity index (χ0) is 16.8. The fourth-order valence-electron chi connectivity index (χ4n) is 3.53. The van der Waals surface area contributed by atoms with Gasteiger partial charge in [0, 0.05) is 32.7 Å². The van der Waals surface area contributed by atoms with E-state index in [0.29, 0.717) is 0 Å². The average molecular weight is 448 g/mol. The number of hydrogen-bond donors (Lipinski definition) is 1. The molecule has 1 aliphatic carbocycles. The second kappa shape index (κ2) is 10.3. The van der Waals surface area contributed by atoms with Crippen LogP contribution >= 0.6 is 24.0 Å². The molecule has 0 aliphatic heterocycles. The number of hydrogen-bond acceptors (Lipinski definition) is 3. The van der Waals surface area contributed by atoms with E-state index in [1.165, 1.54) is 31.2 Å². The van der Waals surface area contributed by atoms with Crippen LogP contribution < -0.4 is 5.32 Å². The summed E-state index contributed by atoms with van der Waals surface area (Å²) in [7, 11) is 4.00. The van der Waals surface area contributed by atoms with Crippen LogP contribution in [0.5, 0.6) is 0 Å².